The fraction of sp³-hybridized carbons (Fsp3) is 0.862. The molecule has 4 fully saturated rings. The highest BCUT2D eigenvalue weighted by Crippen LogP contribution is 2.66. The predicted octanol–water partition coefficient (Wildman–Crippen LogP) is 5.82. The van der Waals surface area contributed by atoms with Crippen molar-refractivity contribution in [2.24, 2.45) is 46.8 Å². The van der Waals surface area contributed by atoms with Crippen molar-refractivity contribution in [3.8, 4) is 6.07 Å². The van der Waals surface area contributed by atoms with Gasteiger partial charge in [0, 0.05) is 19.3 Å². The van der Waals surface area contributed by atoms with Crippen LogP contribution in [0.1, 0.15) is 90.7 Å². The second kappa shape index (κ2) is 9.58. The molecule has 4 aliphatic carbocycles. The molecule has 0 unspecified atom stereocenters. The number of ether oxygens (including phenoxy) is 1. The minimum Gasteiger partial charge on any atom is -0.387 e. The van der Waals surface area contributed by atoms with E-state index >= 15 is 0 Å². The lowest BCUT2D eigenvalue weighted by atomic mass is 9.48. The summed E-state index contributed by atoms with van der Waals surface area (Å²) in [6.07, 6.45) is 14.4. The highest BCUT2D eigenvalue weighted by molar-refractivity contribution is 5.16. The molecule has 5 nitrogen and oxygen atoms in total. The minimum absolute atomic E-state index is 0.449. The summed E-state index contributed by atoms with van der Waals surface area (Å²) >= 11 is 0. The van der Waals surface area contributed by atoms with Crippen molar-refractivity contribution in [3.63, 3.8) is 0 Å². The summed E-state index contributed by atoms with van der Waals surface area (Å²) in [5, 5.41) is 24.8. The van der Waals surface area contributed by atoms with Gasteiger partial charge >= 0.3 is 0 Å². The molecule has 1 N–H and O–H groups in total. The van der Waals surface area contributed by atoms with Gasteiger partial charge in [-0.3, -0.25) is 4.68 Å². The van der Waals surface area contributed by atoms with Gasteiger partial charge in [0.05, 0.1) is 12.2 Å². The molecule has 1 aromatic heterocycles. The third-order valence-electron chi connectivity index (χ3n) is 11.0. The molecule has 4 aliphatic rings. The molecular weight excluding hydrogens is 422 g/mol. The van der Waals surface area contributed by atoms with E-state index in [-0.39, 0.29) is 0 Å². The summed E-state index contributed by atoms with van der Waals surface area (Å²) in [7, 11) is 0. The summed E-state index contributed by atoms with van der Waals surface area (Å²) in [6, 6.07) is 4.02. The van der Waals surface area contributed by atoms with Crippen LogP contribution in [0, 0.1) is 58.2 Å². The SMILES string of the molecule is CCOC[C@@]1(O)CC[C@H]2[C@@H](CC[C@@H]3[C@@H]2CC[C@]2(C)[C@@H]([C@@H](CC)Cn4ccc(C#N)n4)CC[C@@H]32)C1. The van der Waals surface area contributed by atoms with Crippen molar-refractivity contribution in [1.82, 2.24) is 9.78 Å². The number of hydrogen-bond acceptors (Lipinski definition) is 4. The van der Waals surface area contributed by atoms with Crippen molar-refractivity contribution < 1.29 is 9.84 Å². The molecule has 5 heteroatoms. The van der Waals surface area contributed by atoms with E-state index in [0.717, 1.165) is 49.0 Å². The quantitative estimate of drug-likeness (QED) is 0.549. The summed E-state index contributed by atoms with van der Waals surface area (Å²) in [6.45, 7) is 9.16. The normalized spacial score (nSPS) is 42.3. The standard InChI is InChI=1S/C29H45N3O2/c1-4-20(18-32-15-12-22(17-30)31-32)26-8-9-27-25-7-6-21-16-29(33,19-34-5-2)14-11-23(21)24(25)10-13-28(26,27)3/h12,15,20-21,23-27,33H,4-11,13-14,16,18-19H2,1-3H3/t20-,21-,23-,24+,25+,26+,27-,28+,29+/m0/s1. The molecule has 4 saturated carbocycles. The Bertz CT molecular complexity index is 892. The predicted molar refractivity (Wildman–Crippen MR) is 133 cm³/mol. The average Bonchev–Trinajstić information content (AvgIpc) is 3.44. The lowest BCUT2D eigenvalue weighted by Crippen LogP contribution is -2.52. The molecule has 1 heterocycles. The van der Waals surface area contributed by atoms with E-state index in [1.807, 2.05) is 23.9 Å². The number of aromatic nitrogens is 2. The third-order valence-corrected chi connectivity index (χ3v) is 11.0. The average molecular weight is 468 g/mol. The van der Waals surface area contributed by atoms with Gasteiger partial charge in [-0.2, -0.15) is 10.4 Å². The fourth-order valence-corrected chi connectivity index (χ4v) is 9.50. The molecule has 0 bridgehead atoms. The van der Waals surface area contributed by atoms with Crippen molar-refractivity contribution >= 4 is 0 Å². The molecule has 188 valence electrons. The van der Waals surface area contributed by atoms with Crippen LogP contribution in [0.5, 0.6) is 0 Å². The zero-order valence-electron chi connectivity index (χ0n) is 21.6. The van der Waals surface area contributed by atoms with Crippen LogP contribution in [0.3, 0.4) is 0 Å². The Morgan fingerprint density at radius 1 is 1.15 bits per heavy atom. The maximum absolute atomic E-state index is 11.1. The molecule has 1 aromatic rings. The zero-order chi connectivity index (χ0) is 23.9. The monoisotopic (exact) mass is 467 g/mol. The van der Waals surface area contributed by atoms with Gasteiger partial charge in [-0.15, -0.1) is 0 Å². The number of hydrogen-bond donors (Lipinski definition) is 1. The van der Waals surface area contributed by atoms with E-state index in [0.29, 0.717) is 36.2 Å². The van der Waals surface area contributed by atoms with E-state index in [1.165, 1.54) is 51.4 Å². The van der Waals surface area contributed by atoms with Gasteiger partial charge in [0.15, 0.2) is 5.69 Å². The second-order valence-electron chi connectivity index (χ2n) is 12.5. The van der Waals surface area contributed by atoms with Crippen LogP contribution in [0.4, 0.5) is 0 Å². The molecule has 0 radical (unpaired) electrons. The van der Waals surface area contributed by atoms with Gasteiger partial charge < -0.3 is 9.84 Å². The van der Waals surface area contributed by atoms with Crippen LogP contribution in [0.25, 0.3) is 0 Å². The first-order valence-corrected chi connectivity index (χ1v) is 14.1. The van der Waals surface area contributed by atoms with E-state index in [1.54, 1.807) is 0 Å². The van der Waals surface area contributed by atoms with E-state index < -0.39 is 5.60 Å². The molecule has 9 atom stereocenters. The maximum Gasteiger partial charge on any atom is 0.162 e. The largest absolute Gasteiger partial charge is 0.387 e. The first-order chi connectivity index (χ1) is 16.4. The third kappa shape index (κ3) is 4.24. The Hall–Kier alpha value is -1.38. The van der Waals surface area contributed by atoms with Crippen molar-refractivity contribution in [2.75, 3.05) is 13.2 Å². The van der Waals surface area contributed by atoms with E-state index in [9.17, 15) is 5.11 Å². The van der Waals surface area contributed by atoms with Crippen molar-refractivity contribution in [2.45, 2.75) is 97.1 Å². The first-order valence-electron chi connectivity index (χ1n) is 14.1. The number of rotatable bonds is 7. The van der Waals surface area contributed by atoms with Crippen LogP contribution in [-0.4, -0.2) is 33.7 Å². The Kier molecular flexibility index (Phi) is 6.85. The summed E-state index contributed by atoms with van der Waals surface area (Å²) in [4.78, 5) is 0. The lowest BCUT2D eigenvalue weighted by Gasteiger charge is -2.57. The van der Waals surface area contributed by atoms with Gasteiger partial charge in [0.25, 0.3) is 0 Å². The fourth-order valence-electron chi connectivity index (χ4n) is 9.50. The molecule has 0 amide bonds. The Balaban J connectivity index is 1.27. The summed E-state index contributed by atoms with van der Waals surface area (Å²) in [5.74, 6) is 5.53. The first kappa shape index (κ1) is 24.3. The van der Waals surface area contributed by atoms with Gasteiger partial charge in [0.2, 0.25) is 0 Å². The van der Waals surface area contributed by atoms with Crippen LogP contribution >= 0.6 is 0 Å². The van der Waals surface area contributed by atoms with Crippen molar-refractivity contribution in [3.05, 3.63) is 18.0 Å². The van der Waals surface area contributed by atoms with Gasteiger partial charge in [0.1, 0.15) is 6.07 Å². The molecule has 34 heavy (non-hydrogen) atoms. The van der Waals surface area contributed by atoms with Gasteiger partial charge in [-0.1, -0.05) is 20.3 Å². The van der Waals surface area contributed by atoms with Crippen LogP contribution < -0.4 is 0 Å². The van der Waals surface area contributed by atoms with Crippen LogP contribution in [0.15, 0.2) is 12.3 Å². The molecule has 0 spiro atoms. The molecule has 0 aliphatic heterocycles. The lowest BCUT2D eigenvalue weighted by molar-refractivity contribution is -0.130. The summed E-state index contributed by atoms with van der Waals surface area (Å²) in [5.41, 5.74) is 0.394. The Morgan fingerprint density at radius 2 is 1.97 bits per heavy atom. The van der Waals surface area contributed by atoms with E-state index in [4.69, 9.17) is 10.00 Å². The zero-order valence-corrected chi connectivity index (χ0v) is 21.6. The maximum atomic E-state index is 11.1. The Labute approximate surface area is 206 Å². The number of nitrogens with zero attached hydrogens (tertiary/aromatic N) is 3. The Morgan fingerprint density at radius 3 is 2.71 bits per heavy atom. The molecule has 0 saturated heterocycles. The molecular formula is C29H45N3O2. The molecule has 0 aromatic carbocycles. The van der Waals surface area contributed by atoms with Crippen LogP contribution in [0.2, 0.25) is 0 Å². The minimum atomic E-state index is -0.585. The van der Waals surface area contributed by atoms with Crippen molar-refractivity contribution in [1.29, 1.82) is 5.26 Å². The van der Waals surface area contributed by atoms with Crippen LogP contribution in [-0.2, 0) is 11.3 Å². The number of nitriles is 1. The van der Waals surface area contributed by atoms with E-state index in [2.05, 4.69) is 25.0 Å². The van der Waals surface area contributed by atoms with Gasteiger partial charge in [-0.05, 0) is 118 Å². The summed E-state index contributed by atoms with van der Waals surface area (Å²) < 4.78 is 7.67. The topological polar surface area (TPSA) is 71.1 Å². The second-order valence-corrected chi connectivity index (χ2v) is 12.5. The number of fused-ring (bicyclic) bond motifs is 5. The highest BCUT2D eigenvalue weighted by atomic mass is 16.5. The smallest absolute Gasteiger partial charge is 0.162 e. The number of aliphatic hydroxyl groups is 1. The highest BCUT2D eigenvalue weighted by Gasteiger charge is 2.58. The van der Waals surface area contributed by atoms with Gasteiger partial charge in [-0.25, -0.2) is 0 Å². The molecule has 5 rings (SSSR count).